The first-order valence-electron chi connectivity index (χ1n) is 24.1. The maximum absolute atomic E-state index is 14.8. The van der Waals surface area contributed by atoms with E-state index in [1.807, 2.05) is 37.9 Å². The molecule has 3 aliphatic rings. The van der Waals surface area contributed by atoms with E-state index >= 15 is 0 Å². The molecule has 0 unspecified atom stereocenters. The standard InChI is InChI=1S/C49H73N9O6SSi2/c1-11-57-38-18-17-33-23-35(38)36(43(57)34-16-12-20-50-41(34)31(4)63-10)25-48(5,6)29-64-46(61)49(66)19-14-22-58(53-49)45(60)39(24-40-51-37(33)28-65-40)67-52-44(59)42(30(2)3)55(9)47(62)56-21-13-15-32(27-56)26-54(7)8/h12,16-18,20,23,28,30-32,39,42,53H,11,13-15,19,21-22,24-27,29,67H2,1-10,66H3,(H,52,59)/t31-,32-,39-,42-,49-/m0/s1. The van der Waals surface area contributed by atoms with Crippen LogP contribution in [0.15, 0.2) is 41.9 Å². The lowest BCUT2D eigenvalue weighted by Gasteiger charge is -2.41. The Bertz CT molecular complexity index is 2440. The van der Waals surface area contributed by atoms with Gasteiger partial charge >= 0.3 is 12.0 Å². The van der Waals surface area contributed by atoms with Crippen molar-refractivity contribution in [2.75, 3.05) is 61.0 Å². The Morgan fingerprint density at radius 1 is 1.13 bits per heavy atom. The normalized spacial score (nSPS) is 22.6. The van der Waals surface area contributed by atoms with E-state index in [0.717, 1.165) is 75.6 Å². The summed E-state index contributed by atoms with van der Waals surface area (Å²) in [6, 6.07) is 9.74. The maximum atomic E-state index is 14.8. The Morgan fingerprint density at radius 3 is 2.63 bits per heavy atom. The van der Waals surface area contributed by atoms with Crippen molar-refractivity contribution in [3.8, 4) is 22.5 Å². The van der Waals surface area contributed by atoms with Gasteiger partial charge in [-0.3, -0.25) is 24.4 Å². The van der Waals surface area contributed by atoms with Gasteiger partial charge in [-0.25, -0.2) is 15.2 Å². The molecule has 7 rings (SSSR count). The van der Waals surface area contributed by atoms with E-state index in [9.17, 15) is 19.2 Å². The van der Waals surface area contributed by atoms with E-state index in [1.165, 1.54) is 11.3 Å². The number of esters is 1. The molecule has 3 aliphatic heterocycles. The average molecular weight is 972 g/mol. The Hall–Kier alpha value is -4.47. The number of hydrazine groups is 1. The summed E-state index contributed by atoms with van der Waals surface area (Å²) < 4.78 is 14.5. The molecule has 15 nitrogen and oxygen atoms in total. The molecule has 0 saturated carbocycles. The van der Waals surface area contributed by atoms with E-state index in [0.29, 0.717) is 61.5 Å². The molecule has 5 atom stereocenters. The van der Waals surface area contributed by atoms with Crippen LogP contribution >= 0.6 is 11.3 Å². The van der Waals surface area contributed by atoms with Crippen LogP contribution in [0.3, 0.4) is 0 Å². The summed E-state index contributed by atoms with van der Waals surface area (Å²) in [5.74, 6) is -0.556. The fourth-order valence-corrected chi connectivity index (χ4v) is 13.8. The van der Waals surface area contributed by atoms with E-state index in [2.05, 4.69) is 84.4 Å². The van der Waals surface area contributed by atoms with Gasteiger partial charge in [0.25, 0.3) is 0 Å². The highest BCUT2D eigenvalue weighted by Gasteiger charge is 2.43. The molecule has 6 bridgehead atoms. The van der Waals surface area contributed by atoms with Crippen molar-refractivity contribution in [1.82, 2.24) is 44.7 Å². The predicted octanol–water partition coefficient (Wildman–Crippen LogP) is 4.75. The Labute approximate surface area is 406 Å². The number of urea groups is 1. The second kappa shape index (κ2) is 21.0. The number of aromatic nitrogens is 3. The number of methoxy groups -OCH3 is 1. The van der Waals surface area contributed by atoms with Crippen molar-refractivity contribution in [3.05, 3.63) is 58.2 Å². The molecule has 1 aromatic carbocycles. The van der Waals surface area contributed by atoms with Crippen LogP contribution in [0, 0.1) is 17.3 Å². The van der Waals surface area contributed by atoms with Gasteiger partial charge in [-0.1, -0.05) is 33.8 Å². The number of aryl methyl sites for hydroxylation is 1. The van der Waals surface area contributed by atoms with Crippen molar-refractivity contribution in [2.24, 2.45) is 17.3 Å². The van der Waals surface area contributed by atoms with E-state index < -0.39 is 31.8 Å². The summed E-state index contributed by atoms with van der Waals surface area (Å²) in [6.07, 6.45) is 5.69. The summed E-state index contributed by atoms with van der Waals surface area (Å²) in [5.41, 5.74) is 9.25. The minimum Gasteiger partial charge on any atom is -0.464 e. The number of ether oxygens (including phenoxy) is 2. The number of fused-ring (bicyclic) bond motifs is 6. The molecule has 2 saturated heterocycles. The van der Waals surface area contributed by atoms with Crippen LogP contribution in [0.1, 0.15) is 89.6 Å². The van der Waals surface area contributed by atoms with E-state index in [1.54, 1.807) is 24.1 Å². The number of piperidine rings is 1. The minimum absolute atomic E-state index is 0.145. The number of hydrogen-bond donors (Lipinski definition) is 2. The van der Waals surface area contributed by atoms with Crippen molar-refractivity contribution in [1.29, 1.82) is 0 Å². The first-order chi connectivity index (χ1) is 31.8. The smallest absolute Gasteiger partial charge is 0.323 e. The summed E-state index contributed by atoms with van der Waals surface area (Å²) in [4.78, 5) is 76.2. The van der Waals surface area contributed by atoms with Gasteiger partial charge in [-0.05, 0) is 102 Å². The van der Waals surface area contributed by atoms with E-state index in [4.69, 9.17) is 19.4 Å². The van der Waals surface area contributed by atoms with Crippen LogP contribution < -0.4 is 10.4 Å². The van der Waals surface area contributed by atoms with Crippen LogP contribution in [-0.4, -0.2) is 150 Å². The lowest BCUT2D eigenvalue weighted by molar-refractivity contribution is -0.157. The molecule has 0 spiro atoms. The number of benzene rings is 1. The molecule has 0 aliphatic carbocycles. The monoisotopic (exact) mass is 971 g/mol. The predicted molar refractivity (Wildman–Crippen MR) is 271 cm³/mol. The van der Waals surface area contributed by atoms with Gasteiger partial charge in [0.15, 0.2) is 0 Å². The Kier molecular flexibility index (Phi) is 15.8. The van der Waals surface area contributed by atoms with Gasteiger partial charge in [0.1, 0.15) is 20.9 Å². The Morgan fingerprint density at radius 2 is 1.91 bits per heavy atom. The van der Waals surface area contributed by atoms with Crippen molar-refractivity contribution >= 4 is 66.0 Å². The van der Waals surface area contributed by atoms with Crippen molar-refractivity contribution in [3.63, 3.8) is 0 Å². The number of carbonyl (C=O) groups is 4. The number of rotatable bonds is 11. The SMILES string of the molecule is CCn1c(-c2cccnc2[C@H](C)OC)c2c3cc(ccc31)-c1csc(n1)C[C@H]([SiH2]NC(=O)[C@H](C(C)C)N(C)C(=O)N1CCC[C@@H](CN(C)C)C1)C(=O)N1CCC[C@@]([SiH3])(N1)C(=O)OCC(C)(C)C2. The molecule has 67 heavy (non-hydrogen) atoms. The molecule has 4 amide bonds. The number of likely N-dealkylation sites (tertiary alicyclic amines) is 1. The fourth-order valence-electron chi connectivity index (χ4n) is 10.4. The van der Waals surface area contributed by atoms with Gasteiger partial charge in [0.2, 0.25) is 11.8 Å². The van der Waals surface area contributed by atoms with Crippen LogP contribution in [0.25, 0.3) is 33.4 Å². The van der Waals surface area contributed by atoms with Crippen LogP contribution in [0.5, 0.6) is 0 Å². The van der Waals surface area contributed by atoms with Crippen molar-refractivity contribution in [2.45, 2.75) is 109 Å². The number of likely N-dealkylation sites (N-methyl/N-ethyl adjacent to an activating group) is 1. The van der Waals surface area contributed by atoms with Gasteiger partial charge < -0.3 is 33.7 Å². The molecule has 18 heteroatoms. The molecule has 6 heterocycles. The van der Waals surface area contributed by atoms with Crippen LogP contribution in [0.4, 0.5) is 4.79 Å². The van der Waals surface area contributed by atoms with Crippen LogP contribution in [0.2, 0.25) is 5.54 Å². The average Bonchev–Trinajstić information content (AvgIpc) is 3.89. The Balaban J connectivity index is 1.24. The molecule has 364 valence electrons. The molecule has 0 radical (unpaired) electrons. The first kappa shape index (κ1) is 50.4. The minimum atomic E-state index is -1.68. The summed E-state index contributed by atoms with van der Waals surface area (Å²) in [6.45, 7) is 15.9. The lowest BCUT2D eigenvalue weighted by Crippen LogP contribution is -2.65. The number of hydrogen-bond acceptors (Lipinski definition) is 11. The number of amides is 4. The van der Waals surface area contributed by atoms with Gasteiger partial charge in [-0.2, -0.15) is 0 Å². The zero-order valence-electron chi connectivity index (χ0n) is 41.6. The largest absolute Gasteiger partial charge is 0.464 e. The zero-order valence-corrected chi connectivity index (χ0v) is 45.8. The number of pyridine rings is 1. The highest BCUT2D eigenvalue weighted by molar-refractivity contribution is 7.10. The highest BCUT2D eigenvalue weighted by atomic mass is 32.1. The molecular formula is C49H73N9O6SSi2. The molecule has 4 aromatic rings. The summed E-state index contributed by atoms with van der Waals surface area (Å²) in [7, 11) is 6.26. The number of thiazole rings is 1. The highest BCUT2D eigenvalue weighted by Crippen LogP contribution is 2.42. The third kappa shape index (κ3) is 11.0. The topological polar surface area (TPSA) is 154 Å². The molecule has 3 aromatic heterocycles. The van der Waals surface area contributed by atoms with Crippen molar-refractivity contribution < 1.29 is 28.7 Å². The van der Waals surface area contributed by atoms with Crippen LogP contribution in [-0.2, 0) is 43.2 Å². The van der Waals surface area contributed by atoms with Gasteiger partial charge in [0, 0.05) is 103 Å². The molecule has 2 N–H and O–H groups in total. The first-order valence-corrected chi connectivity index (χ1v) is 27.5. The number of nitrogens with one attached hydrogen (secondary N) is 2. The zero-order chi connectivity index (χ0) is 48.4. The number of nitrogens with zero attached hydrogens (tertiary/aromatic N) is 7. The van der Waals surface area contributed by atoms with E-state index in [-0.39, 0.29) is 42.4 Å². The third-order valence-electron chi connectivity index (χ3n) is 13.9. The number of cyclic esters (lactones) is 1. The summed E-state index contributed by atoms with van der Waals surface area (Å²) in [5, 5.41) is 4.53. The van der Waals surface area contributed by atoms with Gasteiger partial charge in [-0.15, -0.1) is 11.3 Å². The lowest BCUT2D eigenvalue weighted by atomic mass is 9.84. The third-order valence-corrected chi connectivity index (χ3v) is 17.6. The molecule has 2 fully saturated rings. The van der Waals surface area contributed by atoms with Gasteiger partial charge in [0.05, 0.1) is 40.3 Å². The quantitative estimate of drug-likeness (QED) is 0.159. The molecular weight excluding hydrogens is 899 g/mol. The second-order valence-electron chi connectivity index (χ2n) is 20.6. The fraction of sp³-hybridized carbons (Fsp3) is 0.592. The number of carbonyl (C=O) groups excluding carboxylic acids is 4. The maximum Gasteiger partial charge on any atom is 0.323 e. The summed E-state index contributed by atoms with van der Waals surface area (Å²) >= 11 is 1.51. The second-order valence-corrected chi connectivity index (χ2v) is 25.0.